The minimum atomic E-state index is 0.654. The van der Waals surface area contributed by atoms with Crippen LogP contribution in [0.2, 0.25) is 0 Å². The number of rotatable bonds is 4. The van der Waals surface area contributed by atoms with Gasteiger partial charge in [-0.2, -0.15) is 0 Å². The first-order valence-corrected chi connectivity index (χ1v) is 8.23. The minimum absolute atomic E-state index is 0.654. The van der Waals surface area contributed by atoms with E-state index in [0.717, 1.165) is 35.0 Å². The molecule has 0 amide bonds. The Morgan fingerprint density at radius 2 is 1.61 bits per heavy atom. The summed E-state index contributed by atoms with van der Waals surface area (Å²) < 4.78 is 0. The molecule has 1 heteroatoms. The Morgan fingerprint density at radius 1 is 1.00 bits per heavy atom. The van der Waals surface area contributed by atoms with Crippen molar-refractivity contribution in [3.8, 4) is 0 Å². The smallest absolute Gasteiger partial charge is 0.00104 e. The van der Waals surface area contributed by atoms with E-state index in [4.69, 9.17) is 0 Å². The second-order valence-corrected chi connectivity index (χ2v) is 8.21. The van der Waals surface area contributed by atoms with Crippen LogP contribution in [0.4, 0.5) is 0 Å². The van der Waals surface area contributed by atoms with Gasteiger partial charge in [-0.15, -0.1) is 0 Å². The van der Waals surface area contributed by atoms with Crippen molar-refractivity contribution < 1.29 is 0 Å². The number of nitrogens with one attached hydrogen (secondary N) is 1. The zero-order valence-electron chi connectivity index (χ0n) is 12.7. The van der Waals surface area contributed by atoms with E-state index in [1.54, 1.807) is 32.1 Å². The molecule has 1 N–H and O–H groups in total. The number of hydrogen-bond acceptors (Lipinski definition) is 1. The van der Waals surface area contributed by atoms with Gasteiger partial charge in [0, 0.05) is 6.04 Å². The lowest BCUT2D eigenvalue weighted by Crippen LogP contribution is -2.55. The van der Waals surface area contributed by atoms with Gasteiger partial charge in [-0.3, -0.25) is 0 Å². The Bertz CT molecular complexity index is 291. The van der Waals surface area contributed by atoms with Crippen molar-refractivity contribution in [2.75, 3.05) is 6.54 Å². The molecule has 0 aliphatic heterocycles. The van der Waals surface area contributed by atoms with Gasteiger partial charge in [0.25, 0.3) is 0 Å². The Labute approximate surface area is 113 Å². The van der Waals surface area contributed by atoms with E-state index in [9.17, 15) is 0 Å². The molecule has 0 saturated heterocycles. The van der Waals surface area contributed by atoms with Gasteiger partial charge in [0.1, 0.15) is 0 Å². The van der Waals surface area contributed by atoms with Crippen LogP contribution in [0.5, 0.6) is 0 Å². The van der Waals surface area contributed by atoms with Crippen molar-refractivity contribution in [2.45, 2.75) is 65.8 Å². The largest absolute Gasteiger partial charge is 0.314 e. The van der Waals surface area contributed by atoms with Gasteiger partial charge in [-0.1, -0.05) is 27.7 Å². The maximum absolute atomic E-state index is 3.72. The Morgan fingerprint density at radius 3 is 2.11 bits per heavy atom. The highest BCUT2D eigenvalue weighted by Crippen LogP contribution is 2.64. The van der Waals surface area contributed by atoms with Gasteiger partial charge in [0.15, 0.2) is 0 Å². The van der Waals surface area contributed by atoms with Crippen LogP contribution in [0.1, 0.15) is 59.8 Å². The summed E-state index contributed by atoms with van der Waals surface area (Å²) in [7, 11) is 0. The third-order valence-electron chi connectivity index (χ3n) is 6.50. The van der Waals surface area contributed by atoms with Crippen LogP contribution in [0.3, 0.4) is 0 Å². The van der Waals surface area contributed by atoms with E-state index < -0.39 is 0 Å². The molecule has 0 radical (unpaired) electrons. The molecule has 4 aliphatic rings. The molecule has 104 valence electrons. The summed E-state index contributed by atoms with van der Waals surface area (Å²) in [6, 6.07) is 0.654. The van der Waals surface area contributed by atoms with Crippen molar-refractivity contribution >= 4 is 0 Å². The van der Waals surface area contributed by atoms with Gasteiger partial charge < -0.3 is 5.32 Å². The topological polar surface area (TPSA) is 12.0 Å². The quantitative estimate of drug-likeness (QED) is 0.791. The monoisotopic (exact) mass is 249 g/mol. The van der Waals surface area contributed by atoms with Crippen LogP contribution in [0.25, 0.3) is 0 Å². The summed E-state index contributed by atoms with van der Waals surface area (Å²) in [5, 5.41) is 3.72. The predicted molar refractivity (Wildman–Crippen MR) is 77.5 cm³/mol. The molecule has 2 unspecified atom stereocenters. The average Bonchev–Trinajstić information content (AvgIpc) is 2.26. The molecule has 4 rings (SSSR count). The maximum Gasteiger partial charge on any atom is 0.00104 e. The fourth-order valence-electron chi connectivity index (χ4n) is 5.60. The van der Waals surface area contributed by atoms with Crippen LogP contribution >= 0.6 is 0 Å². The summed E-state index contributed by atoms with van der Waals surface area (Å²) in [4.78, 5) is 0. The van der Waals surface area contributed by atoms with Crippen molar-refractivity contribution in [3.05, 3.63) is 0 Å². The highest BCUT2D eigenvalue weighted by Gasteiger charge is 2.55. The molecule has 0 heterocycles. The van der Waals surface area contributed by atoms with Gasteiger partial charge >= 0.3 is 0 Å². The number of hydrogen-bond donors (Lipinski definition) is 1. The van der Waals surface area contributed by atoms with E-state index in [2.05, 4.69) is 33.0 Å². The fourth-order valence-corrected chi connectivity index (χ4v) is 5.60. The van der Waals surface area contributed by atoms with E-state index in [0.29, 0.717) is 6.04 Å². The Balaban J connectivity index is 1.73. The summed E-state index contributed by atoms with van der Waals surface area (Å²) in [6.45, 7) is 10.8. The normalized spacial score (nSPS) is 46.3. The lowest BCUT2D eigenvalue weighted by molar-refractivity contribution is -0.115. The molecule has 1 nitrogen and oxygen atoms in total. The van der Waals surface area contributed by atoms with Gasteiger partial charge in [-0.25, -0.2) is 0 Å². The molecule has 18 heavy (non-hydrogen) atoms. The van der Waals surface area contributed by atoms with Crippen LogP contribution in [0, 0.1) is 35.0 Å². The first-order valence-electron chi connectivity index (χ1n) is 8.23. The van der Waals surface area contributed by atoms with E-state index >= 15 is 0 Å². The first kappa shape index (κ1) is 13.0. The van der Waals surface area contributed by atoms with Gasteiger partial charge in [0.2, 0.25) is 0 Å². The maximum atomic E-state index is 3.72. The predicted octanol–water partition coefficient (Wildman–Crippen LogP) is 4.08. The van der Waals surface area contributed by atoms with Crippen molar-refractivity contribution in [3.63, 3.8) is 0 Å². The molecule has 2 atom stereocenters. The standard InChI is InChI=1S/C17H31N/c1-11(2)17-7-13-5-14(8-17)16(10-18-12(3)4)15(6-13)9-17/h11-16,18H,5-10H2,1-4H3. The average molecular weight is 249 g/mol. The third-order valence-corrected chi connectivity index (χ3v) is 6.50. The van der Waals surface area contributed by atoms with E-state index in [1.807, 2.05) is 0 Å². The zero-order valence-corrected chi connectivity index (χ0v) is 12.7. The zero-order chi connectivity index (χ0) is 12.9. The molecule has 0 aromatic rings. The Hall–Kier alpha value is -0.0400. The van der Waals surface area contributed by atoms with E-state index in [1.165, 1.54) is 6.54 Å². The van der Waals surface area contributed by atoms with Gasteiger partial charge in [-0.05, 0) is 73.7 Å². The lowest BCUT2D eigenvalue weighted by atomic mass is 9.44. The molecular formula is C17H31N. The molecule has 4 aliphatic carbocycles. The van der Waals surface area contributed by atoms with E-state index in [-0.39, 0.29) is 0 Å². The fraction of sp³-hybridized carbons (Fsp3) is 1.00. The summed E-state index contributed by atoms with van der Waals surface area (Å²) in [5.41, 5.74) is 0.741. The molecule has 4 bridgehead atoms. The summed E-state index contributed by atoms with van der Waals surface area (Å²) >= 11 is 0. The molecule has 4 saturated carbocycles. The van der Waals surface area contributed by atoms with Crippen LogP contribution < -0.4 is 5.32 Å². The van der Waals surface area contributed by atoms with Crippen molar-refractivity contribution in [2.24, 2.45) is 35.0 Å². The molecule has 0 spiro atoms. The van der Waals surface area contributed by atoms with Crippen LogP contribution in [-0.2, 0) is 0 Å². The molecule has 4 fully saturated rings. The van der Waals surface area contributed by atoms with Crippen molar-refractivity contribution in [1.82, 2.24) is 5.32 Å². The van der Waals surface area contributed by atoms with Gasteiger partial charge in [0.05, 0.1) is 0 Å². The second kappa shape index (κ2) is 4.51. The highest BCUT2D eigenvalue weighted by molar-refractivity contribution is 5.06. The van der Waals surface area contributed by atoms with Crippen LogP contribution in [0.15, 0.2) is 0 Å². The van der Waals surface area contributed by atoms with Crippen molar-refractivity contribution in [1.29, 1.82) is 0 Å². The molecule has 0 aromatic carbocycles. The molecule has 0 aromatic heterocycles. The SMILES string of the molecule is CC(C)NCC1C2CC3CC1CC(C(C)C)(C3)C2. The summed E-state index contributed by atoms with van der Waals surface area (Å²) in [6.07, 6.45) is 7.75. The minimum Gasteiger partial charge on any atom is -0.314 e. The third kappa shape index (κ3) is 2.03. The molecular weight excluding hydrogens is 218 g/mol. The summed E-state index contributed by atoms with van der Waals surface area (Å²) in [5.74, 6) is 5.08. The first-order chi connectivity index (χ1) is 8.50. The Kier molecular flexibility index (Phi) is 3.25. The second-order valence-electron chi connectivity index (χ2n) is 8.21. The lowest BCUT2D eigenvalue weighted by Gasteiger charge is -2.62. The van der Waals surface area contributed by atoms with Crippen LogP contribution in [-0.4, -0.2) is 12.6 Å². The highest BCUT2D eigenvalue weighted by atomic mass is 14.9.